The Kier molecular flexibility index (Phi) is 8.19. The molecule has 6 heteroatoms. The lowest BCUT2D eigenvalue weighted by atomic mass is 10.2. The van der Waals surface area contributed by atoms with Crippen molar-refractivity contribution in [1.29, 1.82) is 0 Å². The first-order chi connectivity index (χ1) is 11.7. The topological polar surface area (TPSA) is 40.1 Å². The number of benzene rings is 1. The predicted molar refractivity (Wildman–Crippen MR) is 102 cm³/mol. The van der Waals surface area contributed by atoms with Crippen molar-refractivity contribution >= 4 is 23.2 Å². The number of guanidine groups is 1. The molecule has 0 bridgehead atoms. The van der Waals surface area contributed by atoms with Gasteiger partial charge in [0.25, 0.3) is 0 Å². The third-order valence-corrected chi connectivity index (χ3v) is 4.40. The molecule has 0 radical (unpaired) electrons. The Morgan fingerprint density at radius 2 is 2.04 bits per heavy atom. The molecule has 1 heterocycles. The quantitative estimate of drug-likeness (QED) is 0.465. The van der Waals surface area contributed by atoms with Crippen LogP contribution >= 0.6 is 11.6 Å². The van der Waals surface area contributed by atoms with Crippen molar-refractivity contribution in [2.24, 2.45) is 4.99 Å². The van der Waals surface area contributed by atoms with Crippen molar-refractivity contribution in [3.8, 4) is 0 Å². The maximum atomic E-state index is 6.09. The van der Waals surface area contributed by atoms with Gasteiger partial charge in [-0.2, -0.15) is 0 Å². The third-order valence-electron chi connectivity index (χ3n) is 4.17. The lowest BCUT2D eigenvalue weighted by Crippen LogP contribution is -2.52. The van der Waals surface area contributed by atoms with E-state index >= 15 is 0 Å². The minimum Gasteiger partial charge on any atom is -0.382 e. The molecule has 24 heavy (non-hydrogen) atoms. The highest BCUT2D eigenvalue weighted by molar-refractivity contribution is 6.30. The van der Waals surface area contributed by atoms with E-state index in [1.807, 2.05) is 32.2 Å². The summed E-state index contributed by atoms with van der Waals surface area (Å²) in [5.74, 6) is 0.997. The summed E-state index contributed by atoms with van der Waals surface area (Å²) in [6.45, 7) is 8.49. The second-order valence-electron chi connectivity index (χ2n) is 5.83. The number of halogens is 1. The Balaban J connectivity index is 1.73. The van der Waals surface area contributed by atoms with Crippen LogP contribution < -0.4 is 10.2 Å². The number of nitrogens with one attached hydrogen (secondary N) is 1. The number of piperazine rings is 1. The van der Waals surface area contributed by atoms with Crippen molar-refractivity contribution in [2.75, 3.05) is 57.9 Å². The van der Waals surface area contributed by atoms with E-state index < -0.39 is 0 Å². The summed E-state index contributed by atoms with van der Waals surface area (Å²) in [6, 6.07) is 8.07. The zero-order valence-corrected chi connectivity index (χ0v) is 15.6. The summed E-state index contributed by atoms with van der Waals surface area (Å²) in [4.78, 5) is 9.11. The van der Waals surface area contributed by atoms with Gasteiger partial charge in [0.05, 0.1) is 0 Å². The van der Waals surface area contributed by atoms with E-state index in [1.54, 1.807) is 0 Å². The SMILES string of the molecule is CCOCCCCNC(=NC)N1CCN(c2cccc(Cl)c2)CC1. The molecule has 0 amide bonds. The molecule has 5 nitrogen and oxygen atoms in total. The summed E-state index contributed by atoms with van der Waals surface area (Å²) < 4.78 is 5.36. The first-order valence-electron chi connectivity index (χ1n) is 8.78. The maximum Gasteiger partial charge on any atom is 0.193 e. The van der Waals surface area contributed by atoms with E-state index in [0.717, 1.165) is 69.8 Å². The molecule has 1 aliphatic rings. The third kappa shape index (κ3) is 5.87. The van der Waals surface area contributed by atoms with Crippen molar-refractivity contribution < 1.29 is 4.74 Å². The zero-order valence-electron chi connectivity index (χ0n) is 14.8. The number of anilines is 1. The molecule has 2 rings (SSSR count). The van der Waals surface area contributed by atoms with Gasteiger partial charge in [-0.1, -0.05) is 17.7 Å². The van der Waals surface area contributed by atoms with Gasteiger partial charge in [-0.25, -0.2) is 0 Å². The molecule has 0 saturated carbocycles. The molecule has 1 aromatic rings. The van der Waals surface area contributed by atoms with Gasteiger partial charge < -0.3 is 19.9 Å². The second-order valence-corrected chi connectivity index (χ2v) is 6.27. The molecule has 1 aliphatic heterocycles. The minimum atomic E-state index is 0.791. The van der Waals surface area contributed by atoms with E-state index in [9.17, 15) is 0 Å². The lowest BCUT2D eigenvalue weighted by Gasteiger charge is -2.37. The van der Waals surface area contributed by atoms with Gasteiger partial charge in [-0.3, -0.25) is 4.99 Å². The molecular formula is C18H29ClN4O. The van der Waals surface area contributed by atoms with Crippen molar-refractivity contribution in [2.45, 2.75) is 19.8 Å². The Bertz CT molecular complexity index is 515. The number of unbranched alkanes of at least 4 members (excludes halogenated alkanes) is 1. The molecule has 0 spiro atoms. The van der Waals surface area contributed by atoms with Crippen LogP contribution in [0.25, 0.3) is 0 Å². The average molecular weight is 353 g/mol. The Morgan fingerprint density at radius 3 is 2.71 bits per heavy atom. The lowest BCUT2D eigenvalue weighted by molar-refractivity contribution is 0.143. The summed E-state index contributed by atoms with van der Waals surface area (Å²) >= 11 is 6.09. The highest BCUT2D eigenvalue weighted by Crippen LogP contribution is 2.20. The molecule has 1 N–H and O–H groups in total. The Labute approximate surface area is 150 Å². The average Bonchev–Trinajstić information content (AvgIpc) is 2.61. The predicted octanol–water partition coefficient (Wildman–Crippen LogP) is 2.85. The monoisotopic (exact) mass is 352 g/mol. The molecule has 0 unspecified atom stereocenters. The molecule has 1 aromatic carbocycles. The summed E-state index contributed by atoms with van der Waals surface area (Å²) in [5.41, 5.74) is 1.20. The molecule has 0 aliphatic carbocycles. The van der Waals surface area contributed by atoms with Gasteiger partial charge in [0, 0.05) is 63.7 Å². The highest BCUT2D eigenvalue weighted by atomic mass is 35.5. The number of aliphatic imine (C=N–C) groups is 1. The van der Waals surface area contributed by atoms with Crippen LogP contribution in [0.5, 0.6) is 0 Å². The number of hydrogen-bond acceptors (Lipinski definition) is 3. The van der Waals surface area contributed by atoms with Gasteiger partial charge in [0.2, 0.25) is 0 Å². The van der Waals surface area contributed by atoms with Crippen LogP contribution in [-0.2, 0) is 4.74 Å². The maximum absolute atomic E-state index is 6.09. The van der Waals surface area contributed by atoms with Gasteiger partial charge >= 0.3 is 0 Å². The molecule has 0 aromatic heterocycles. The first-order valence-corrected chi connectivity index (χ1v) is 9.16. The zero-order chi connectivity index (χ0) is 17.2. The number of ether oxygens (including phenoxy) is 1. The second kappa shape index (κ2) is 10.4. The van der Waals surface area contributed by atoms with Gasteiger partial charge in [0.15, 0.2) is 5.96 Å². The fraction of sp³-hybridized carbons (Fsp3) is 0.611. The largest absolute Gasteiger partial charge is 0.382 e. The number of rotatable bonds is 7. The van der Waals surface area contributed by atoms with Gasteiger partial charge in [-0.05, 0) is 38.0 Å². The van der Waals surface area contributed by atoms with Crippen LogP contribution in [0.2, 0.25) is 5.02 Å². The molecule has 1 fully saturated rings. The molecule has 134 valence electrons. The van der Waals surface area contributed by atoms with E-state index in [2.05, 4.69) is 26.2 Å². The fourth-order valence-corrected chi connectivity index (χ4v) is 3.04. The van der Waals surface area contributed by atoms with E-state index in [-0.39, 0.29) is 0 Å². The molecule has 0 atom stereocenters. The smallest absolute Gasteiger partial charge is 0.193 e. The molecular weight excluding hydrogens is 324 g/mol. The van der Waals surface area contributed by atoms with Crippen molar-refractivity contribution in [3.63, 3.8) is 0 Å². The highest BCUT2D eigenvalue weighted by Gasteiger charge is 2.19. The molecule has 1 saturated heterocycles. The number of nitrogens with zero attached hydrogens (tertiary/aromatic N) is 3. The van der Waals surface area contributed by atoms with Crippen LogP contribution in [0.15, 0.2) is 29.3 Å². The van der Waals surface area contributed by atoms with Crippen LogP contribution in [0, 0.1) is 0 Å². The van der Waals surface area contributed by atoms with Crippen molar-refractivity contribution in [1.82, 2.24) is 10.2 Å². The summed E-state index contributed by atoms with van der Waals surface area (Å²) in [5, 5.41) is 4.25. The normalized spacial score (nSPS) is 15.7. The summed E-state index contributed by atoms with van der Waals surface area (Å²) in [6.07, 6.45) is 2.18. The Morgan fingerprint density at radius 1 is 1.25 bits per heavy atom. The van der Waals surface area contributed by atoms with Crippen molar-refractivity contribution in [3.05, 3.63) is 29.3 Å². The number of hydrogen-bond donors (Lipinski definition) is 1. The first kappa shape index (κ1) is 18.9. The fourth-order valence-electron chi connectivity index (χ4n) is 2.86. The van der Waals surface area contributed by atoms with Crippen LogP contribution in [-0.4, -0.2) is 63.8 Å². The Hall–Kier alpha value is -1.46. The van der Waals surface area contributed by atoms with Gasteiger partial charge in [-0.15, -0.1) is 0 Å². The van der Waals surface area contributed by atoms with E-state index in [1.165, 1.54) is 5.69 Å². The minimum absolute atomic E-state index is 0.791. The van der Waals surface area contributed by atoms with E-state index in [4.69, 9.17) is 16.3 Å². The van der Waals surface area contributed by atoms with Crippen LogP contribution in [0.4, 0.5) is 5.69 Å². The standard InChI is InChI=1S/C18H29ClN4O/c1-3-24-14-5-4-9-21-18(20-2)23-12-10-22(11-13-23)17-8-6-7-16(19)15-17/h6-8,15H,3-5,9-14H2,1-2H3,(H,20,21). The van der Waals surface area contributed by atoms with Crippen LogP contribution in [0.1, 0.15) is 19.8 Å². The summed E-state index contributed by atoms with van der Waals surface area (Å²) in [7, 11) is 1.85. The van der Waals surface area contributed by atoms with Gasteiger partial charge in [0.1, 0.15) is 0 Å². The van der Waals surface area contributed by atoms with E-state index in [0.29, 0.717) is 0 Å². The van der Waals surface area contributed by atoms with Crippen LogP contribution in [0.3, 0.4) is 0 Å².